The molecule has 1 fully saturated rings. The summed E-state index contributed by atoms with van der Waals surface area (Å²) >= 11 is 0. The average Bonchev–Trinajstić information content (AvgIpc) is 3.35. The number of carbonyl (C=O) groups excluding carboxylic acids is 1. The van der Waals surface area contributed by atoms with Crippen molar-refractivity contribution in [2.75, 3.05) is 27.2 Å². The second-order valence-corrected chi connectivity index (χ2v) is 7.38. The van der Waals surface area contributed by atoms with Gasteiger partial charge in [-0.05, 0) is 37.7 Å². The zero-order valence-electron chi connectivity index (χ0n) is 16.3. The fourth-order valence-corrected chi connectivity index (χ4v) is 3.66. The molecule has 0 saturated carbocycles. The van der Waals surface area contributed by atoms with E-state index in [0.717, 1.165) is 36.6 Å². The lowest BCUT2D eigenvalue weighted by molar-refractivity contribution is 0.0725. The standard InChI is InChI=1S/C22H25N5O/c1-25-14-13-19(16-25)26(2)22(28)21-23-20(15-17-9-5-3-6-10-17)27(24-21)18-11-7-4-8-12-18/h3-12,19H,13-16H2,1-2H3. The average molecular weight is 375 g/mol. The van der Waals surface area contributed by atoms with Crippen molar-refractivity contribution in [3.05, 3.63) is 77.9 Å². The number of likely N-dealkylation sites (N-methyl/N-ethyl adjacent to an activating group) is 2. The van der Waals surface area contributed by atoms with Crippen LogP contribution in [-0.4, -0.2) is 63.7 Å². The van der Waals surface area contributed by atoms with Crippen LogP contribution < -0.4 is 0 Å². The third kappa shape index (κ3) is 3.82. The van der Waals surface area contributed by atoms with Crippen molar-refractivity contribution in [3.63, 3.8) is 0 Å². The topological polar surface area (TPSA) is 54.3 Å². The number of amides is 1. The van der Waals surface area contributed by atoms with Crippen LogP contribution in [-0.2, 0) is 6.42 Å². The predicted molar refractivity (Wildman–Crippen MR) is 109 cm³/mol. The number of para-hydroxylation sites is 1. The van der Waals surface area contributed by atoms with E-state index in [0.29, 0.717) is 6.42 Å². The van der Waals surface area contributed by atoms with Crippen molar-refractivity contribution in [3.8, 4) is 5.69 Å². The van der Waals surface area contributed by atoms with Crippen molar-refractivity contribution in [1.82, 2.24) is 24.6 Å². The van der Waals surface area contributed by atoms with Gasteiger partial charge >= 0.3 is 0 Å². The lowest BCUT2D eigenvalue weighted by Gasteiger charge is -2.22. The number of likely N-dealkylation sites (tertiary alicyclic amines) is 1. The summed E-state index contributed by atoms with van der Waals surface area (Å²) in [6.07, 6.45) is 1.60. The van der Waals surface area contributed by atoms with Crippen LogP contribution in [0, 0.1) is 0 Å². The van der Waals surface area contributed by atoms with Gasteiger partial charge in [0.1, 0.15) is 5.82 Å². The summed E-state index contributed by atoms with van der Waals surface area (Å²) in [5.41, 5.74) is 2.04. The van der Waals surface area contributed by atoms with Crippen molar-refractivity contribution in [2.45, 2.75) is 18.9 Å². The minimum atomic E-state index is -0.121. The summed E-state index contributed by atoms with van der Waals surface area (Å²) in [5.74, 6) is 0.897. The molecule has 144 valence electrons. The first kappa shape index (κ1) is 18.4. The summed E-state index contributed by atoms with van der Waals surface area (Å²) in [6.45, 7) is 1.89. The number of nitrogens with zero attached hydrogens (tertiary/aromatic N) is 5. The maximum atomic E-state index is 13.1. The van der Waals surface area contributed by atoms with Crippen molar-refractivity contribution in [2.24, 2.45) is 0 Å². The molecule has 6 nitrogen and oxygen atoms in total. The first-order valence-electron chi connectivity index (χ1n) is 9.63. The Morgan fingerprint density at radius 2 is 1.79 bits per heavy atom. The van der Waals surface area contributed by atoms with Gasteiger partial charge in [-0.25, -0.2) is 9.67 Å². The van der Waals surface area contributed by atoms with E-state index in [1.807, 2.05) is 55.6 Å². The number of rotatable bonds is 5. The van der Waals surface area contributed by atoms with E-state index in [4.69, 9.17) is 0 Å². The zero-order valence-corrected chi connectivity index (χ0v) is 16.3. The molecular formula is C22H25N5O. The van der Waals surface area contributed by atoms with Gasteiger partial charge in [-0.1, -0.05) is 48.5 Å². The van der Waals surface area contributed by atoms with Gasteiger partial charge in [0, 0.05) is 26.1 Å². The van der Waals surface area contributed by atoms with Crippen LogP contribution in [0.2, 0.25) is 0 Å². The molecule has 2 aromatic carbocycles. The van der Waals surface area contributed by atoms with Crippen LogP contribution in [0.25, 0.3) is 5.69 Å². The zero-order chi connectivity index (χ0) is 19.5. The molecule has 0 bridgehead atoms. The predicted octanol–water partition coefficient (Wildman–Crippen LogP) is 2.63. The molecule has 4 rings (SSSR count). The second kappa shape index (κ2) is 7.94. The van der Waals surface area contributed by atoms with E-state index >= 15 is 0 Å². The fourth-order valence-electron chi connectivity index (χ4n) is 3.66. The highest BCUT2D eigenvalue weighted by Crippen LogP contribution is 2.17. The monoisotopic (exact) mass is 375 g/mol. The molecule has 0 spiro atoms. The summed E-state index contributed by atoms with van der Waals surface area (Å²) < 4.78 is 1.79. The third-order valence-electron chi connectivity index (χ3n) is 5.31. The maximum Gasteiger partial charge on any atom is 0.293 e. The van der Waals surface area contributed by atoms with Crippen LogP contribution in [0.4, 0.5) is 0 Å². The number of carbonyl (C=O) groups is 1. The van der Waals surface area contributed by atoms with Gasteiger partial charge < -0.3 is 9.80 Å². The number of hydrogen-bond donors (Lipinski definition) is 0. The molecule has 3 aromatic rings. The van der Waals surface area contributed by atoms with E-state index in [2.05, 4.69) is 34.2 Å². The van der Waals surface area contributed by atoms with E-state index in [1.165, 1.54) is 0 Å². The van der Waals surface area contributed by atoms with Gasteiger partial charge in [-0.15, -0.1) is 5.10 Å². The molecule has 28 heavy (non-hydrogen) atoms. The fraction of sp³-hybridized carbons (Fsp3) is 0.318. The lowest BCUT2D eigenvalue weighted by Crippen LogP contribution is -2.39. The molecule has 1 aliphatic heterocycles. The number of benzene rings is 2. The summed E-state index contributed by atoms with van der Waals surface area (Å²) in [7, 11) is 3.94. The van der Waals surface area contributed by atoms with Gasteiger partial charge in [-0.2, -0.15) is 0 Å². The Morgan fingerprint density at radius 3 is 2.43 bits per heavy atom. The summed E-state index contributed by atoms with van der Waals surface area (Å²) in [6, 6.07) is 20.2. The molecule has 1 aliphatic rings. The van der Waals surface area contributed by atoms with Gasteiger partial charge in [0.15, 0.2) is 0 Å². The third-order valence-corrected chi connectivity index (χ3v) is 5.31. The Hall–Kier alpha value is -2.99. The normalized spacial score (nSPS) is 17.0. The van der Waals surface area contributed by atoms with Crippen molar-refractivity contribution in [1.29, 1.82) is 0 Å². The van der Waals surface area contributed by atoms with Crippen molar-refractivity contribution >= 4 is 5.91 Å². The van der Waals surface area contributed by atoms with E-state index < -0.39 is 0 Å². The Kier molecular flexibility index (Phi) is 5.21. The summed E-state index contributed by atoms with van der Waals surface area (Å²) in [5, 5.41) is 4.59. The van der Waals surface area contributed by atoms with Gasteiger partial charge in [0.05, 0.1) is 5.69 Å². The number of hydrogen-bond acceptors (Lipinski definition) is 4. The summed E-state index contributed by atoms with van der Waals surface area (Å²) in [4.78, 5) is 21.7. The molecule has 0 radical (unpaired) electrons. The lowest BCUT2D eigenvalue weighted by atomic mass is 10.1. The first-order valence-corrected chi connectivity index (χ1v) is 9.63. The van der Waals surface area contributed by atoms with E-state index in [-0.39, 0.29) is 17.8 Å². The first-order chi connectivity index (χ1) is 13.6. The molecule has 1 atom stereocenters. The smallest absolute Gasteiger partial charge is 0.293 e. The van der Waals surface area contributed by atoms with Crippen LogP contribution in [0.15, 0.2) is 60.7 Å². The molecule has 2 heterocycles. The molecule has 1 saturated heterocycles. The Balaban J connectivity index is 1.65. The Bertz CT molecular complexity index is 938. The Labute approximate surface area is 165 Å². The highest BCUT2D eigenvalue weighted by Gasteiger charge is 2.29. The minimum Gasteiger partial charge on any atom is -0.335 e. The highest BCUT2D eigenvalue weighted by atomic mass is 16.2. The van der Waals surface area contributed by atoms with Crippen LogP contribution in [0.5, 0.6) is 0 Å². The molecule has 1 amide bonds. The van der Waals surface area contributed by atoms with Crippen LogP contribution in [0.3, 0.4) is 0 Å². The van der Waals surface area contributed by atoms with Gasteiger partial charge in [0.2, 0.25) is 5.82 Å². The van der Waals surface area contributed by atoms with E-state index in [1.54, 1.807) is 9.58 Å². The number of aromatic nitrogens is 3. The van der Waals surface area contributed by atoms with Gasteiger partial charge in [-0.3, -0.25) is 4.79 Å². The minimum absolute atomic E-state index is 0.121. The maximum absolute atomic E-state index is 13.1. The van der Waals surface area contributed by atoms with Crippen molar-refractivity contribution < 1.29 is 4.79 Å². The Morgan fingerprint density at radius 1 is 1.11 bits per heavy atom. The molecule has 1 aromatic heterocycles. The molecule has 1 unspecified atom stereocenters. The SMILES string of the molecule is CN1CCC(N(C)C(=O)c2nc(Cc3ccccc3)n(-c3ccccc3)n2)C1. The van der Waals surface area contributed by atoms with Crippen LogP contribution in [0.1, 0.15) is 28.4 Å². The van der Waals surface area contributed by atoms with Gasteiger partial charge in [0.25, 0.3) is 5.91 Å². The van der Waals surface area contributed by atoms with Crippen LogP contribution >= 0.6 is 0 Å². The molecule has 0 N–H and O–H groups in total. The molecule has 6 heteroatoms. The molecule has 0 aliphatic carbocycles. The highest BCUT2D eigenvalue weighted by molar-refractivity contribution is 5.90. The largest absolute Gasteiger partial charge is 0.335 e. The van der Waals surface area contributed by atoms with E-state index in [9.17, 15) is 4.79 Å². The quantitative estimate of drug-likeness (QED) is 0.688. The molecular weight excluding hydrogens is 350 g/mol. The second-order valence-electron chi connectivity index (χ2n) is 7.38.